The Balaban J connectivity index is 2.05. The van der Waals surface area contributed by atoms with Crippen LogP contribution >= 0.6 is 0 Å². The van der Waals surface area contributed by atoms with Crippen molar-refractivity contribution in [2.45, 2.75) is 77.4 Å². The van der Waals surface area contributed by atoms with Gasteiger partial charge in [-0.1, -0.05) is 38.3 Å². The molecule has 1 aromatic rings. The van der Waals surface area contributed by atoms with E-state index in [1.165, 1.54) is 18.6 Å². The van der Waals surface area contributed by atoms with Crippen molar-refractivity contribution in [2.24, 2.45) is 0 Å². The maximum absolute atomic E-state index is 13.1. The third kappa shape index (κ3) is 5.83. The summed E-state index contributed by atoms with van der Waals surface area (Å²) in [6, 6.07) is 5.76. The fourth-order valence-corrected chi connectivity index (χ4v) is 3.30. The molecule has 1 aromatic carbocycles. The van der Waals surface area contributed by atoms with E-state index in [1.54, 1.807) is 24.0 Å². The van der Waals surface area contributed by atoms with Gasteiger partial charge in [-0.05, 0) is 43.9 Å². The van der Waals surface area contributed by atoms with E-state index in [0.717, 1.165) is 37.7 Å². The minimum Gasteiger partial charge on any atom is -0.352 e. The van der Waals surface area contributed by atoms with Gasteiger partial charge in [-0.25, -0.2) is 4.39 Å². The Morgan fingerprint density at radius 2 is 1.84 bits per heavy atom. The Labute approximate surface area is 149 Å². The van der Waals surface area contributed by atoms with E-state index < -0.39 is 6.04 Å². The molecule has 0 bridgehead atoms. The van der Waals surface area contributed by atoms with E-state index in [0.29, 0.717) is 13.0 Å². The lowest BCUT2D eigenvalue weighted by molar-refractivity contribution is -0.141. The molecule has 1 N–H and O–H groups in total. The molecule has 2 rings (SSSR count). The van der Waals surface area contributed by atoms with Crippen LogP contribution in [0.1, 0.15) is 64.4 Å². The van der Waals surface area contributed by atoms with Gasteiger partial charge in [0.05, 0.1) is 0 Å². The monoisotopic (exact) mass is 348 g/mol. The molecule has 0 aromatic heterocycles. The van der Waals surface area contributed by atoms with E-state index in [1.807, 2.05) is 6.92 Å². The molecule has 0 spiro atoms. The first-order valence-electron chi connectivity index (χ1n) is 9.35. The van der Waals surface area contributed by atoms with Gasteiger partial charge in [-0.2, -0.15) is 0 Å². The summed E-state index contributed by atoms with van der Waals surface area (Å²) in [4.78, 5) is 26.8. The molecular formula is C20H29FN2O2. The van der Waals surface area contributed by atoms with Crippen molar-refractivity contribution in [2.75, 3.05) is 0 Å². The minimum absolute atomic E-state index is 0.0434. The third-order valence-electron chi connectivity index (χ3n) is 4.85. The number of nitrogens with zero attached hydrogens (tertiary/aromatic N) is 1. The lowest BCUT2D eigenvalue weighted by Gasteiger charge is -2.31. The molecule has 0 heterocycles. The first-order chi connectivity index (χ1) is 12.0. The highest BCUT2D eigenvalue weighted by molar-refractivity contribution is 5.87. The van der Waals surface area contributed by atoms with Crippen LogP contribution in [0.15, 0.2) is 24.3 Å². The average Bonchev–Trinajstić information content (AvgIpc) is 2.61. The van der Waals surface area contributed by atoms with Crippen LogP contribution < -0.4 is 5.32 Å². The topological polar surface area (TPSA) is 49.4 Å². The number of rotatable bonds is 7. The van der Waals surface area contributed by atoms with Crippen LogP contribution in [0.3, 0.4) is 0 Å². The number of carbonyl (C=O) groups excluding carboxylic acids is 2. The van der Waals surface area contributed by atoms with Crippen LogP contribution in [0.4, 0.5) is 4.39 Å². The number of halogens is 1. The van der Waals surface area contributed by atoms with Crippen molar-refractivity contribution in [3.05, 3.63) is 35.6 Å². The summed E-state index contributed by atoms with van der Waals surface area (Å²) in [5, 5.41) is 3.10. The predicted octanol–water partition coefficient (Wildman–Crippen LogP) is 3.79. The van der Waals surface area contributed by atoms with Crippen molar-refractivity contribution < 1.29 is 14.0 Å². The Bertz CT molecular complexity index is 568. The second kappa shape index (κ2) is 9.54. The molecule has 0 saturated heterocycles. The number of hydrogen-bond donors (Lipinski definition) is 1. The highest BCUT2D eigenvalue weighted by Crippen LogP contribution is 2.18. The van der Waals surface area contributed by atoms with Gasteiger partial charge in [0.1, 0.15) is 11.9 Å². The van der Waals surface area contributed by atoms with Gasteiger partial charge in [-0.3, -0.25) is 9.59 Å². The Morgan fingerprint density at radius 3 is 2.44 bits per heavy atom. The number of amides is 2. The largest absolute Gasteiger partial charge is 0.352 e. The Morgan fingerprint density at radius 1 is 1.20 bits per heavy atom. The molecule has 0 aliphatic heterocycles. The predicted molar refractivity (Wildman–Crippen MR) is 96.3 cm³/mol. The summed E-state index contributed by atoms with van der Waals surface area (Å²) in [5.41, 5.74) is 0.822. The van der Waals surface area contributed by atoms with E-state index in [2.05, 4.69) is 5.32 Å². The standard InChI is InChI=1S/C20H29FN2O2/c1-3-7-19(24)23(14-16-10-12-17(21)13-11-16)15(2)20(25)22-18-8-5-4-6-9-18/h10-13,15,18H,3-9,14H2,1-2H3,(H,22,25)/t15-/m0/s1. The molecule has 1 aliphatic rings. The van der Waals surface area contributed by atoms with Crippen molar-refractivity contribution in [1.82, 2.24) is 10.2 Å². The van der Waals surface area contributed by atoms with Gasteiger partial charge in [0.2, 0.25) is 11.8 Å². The molecule has 25 heavy (non-hydrogen) atoms. The molecule has 1 aliphatic carbocycles. The van der Waals surface area contributed by atoms with E-state index >= 15 is 0 Å². The molecule has 5 heteroatoms. The smallest absolute Gasteiger partial charge is 0.242 e. The normalized spacial score (nSPS) is 16.3. The van der Waals surface area contributed by atoms with Gasteiger partial charge in [0.25, 0.3) is 0 Å². The van der Waals surface area contributed by atoms with Crippen LogP contribution in [0, 0.1) is 5.82 Å². The fraction of sp³-hybridized carbons (Fsp3) is 0.600. The van der Waals surface area contributed by atoms with Crippen molar-refractivity contribution in [1.29, 1.82) is 0 Å². The first-order valence-corrected chi connectivity index (χ1v) is 9.35. The van der Waals surface area contributed by atoms with Crippen LogP contribution in [-0.2, 0) is 16.1 Å². The summed E-state index contributed by atoms with van der Waals surface area (Å²) < 4.78 is 13.1. The summed E-state index contributed by atoms with van der Waals surface area (Å²) in [5.74, 6) is -0.449. The lowest BCUT2D eigenvalue weighted by Crippen LogP contribution is -2.50. The van der Waals surface area contributed by atoms with Gasteiger partial charge < -0.3 is 10.2 Å². The minimum atomic E-state index is -0.536. The summed E-state index contributed by atoms with van der Waals surface area (Å²) in [6.45, 7) is 4.04. The van der Waals surface area contributed by atoms with Crippen molar-refractivity contribution >= 4 is 11.8 Å². The van der Waals surface area contributed by atoms with Crippen molar-refractivity contribution in [3.63, 3.8) is 0 Å². The molecule has 2 amide bonds. The molecule has 1 saturated carbocycles. The highest BCUT2D eigenvalue weighted by Gasteiger charge is 2.27. The van der Waals surface area contributed by atoms with E-state index in [4.69, 9.17) is 0 Å². The molecule has 1 atom stereocenters. The quantitative estimate of drug-likeness (QED) is 0.815. The summed E-state index contributed by atoms with van der Waals surface area (Å²) in [6.07, 6.45) is 6.69. The molecule has 138 valence electrons. The molecule has 0 unspecified atom stereocenters. The number of carbonyl (C=O) groups is 2. The van der Waals surface area contributed by atoms with Gasteiger partial charge in [0.15, 0.2) is 0 Å². The summed E-state index contributed by atoms with van der Waals surface area (Å²) >= 11 is 0. The molecule has 4 nitrogen and oxygen atoms in total. The van der Waals surface area contributed by atoms with Gasteiger partial charge >= 0.3 is 0 Å². The highest BCUT2D eigenvalue weighted by atomic mass is 19.1. The van der Waals surface area contributed by atoms with Crippen LogP contribution in [0.5, 0.6) is 0 Å². The molecule has 1 fully saturated rings. The molecular weight excluding hydrogens is 319 g/mol. The Kier molecular flexibility index (Phi) is 7.41. The zero-order valence-electron chi connectivity index (χ0n) is 15.3. The van der Waals surface area contributed by atoms with E-state index in [9.17, 15) is 14.0 Å². The van der Waals surface area contributed by atoms with Gasteiger partial charge in [-0.15, -0.1) is 0 Å². The van der Waals surface area contributed by atoms with Crippen LogP contribution in [0.25, 0.3) is 0 Å². The zero-order valence-corrected chi connectivity index (χ0v) is 15.3. The number of hydrogen-bond acceptors (Lipinski definition) is 2. The second-order valence-corrected chi connectivity index (χ2v) is 6.92. The Hall–Kier alpha value is -1.91. The fourth-order valence-electron chi connectivity index (χ4n) is 3.30. The van der Waals surface area contributed by atoms with Crippen LogP contribution in [0.2, 0.25) is 0 Å². The van der Waals surface area contributed by atoms with E-state index in [-0.39, 0.29) is 23.7 Å². The van der Waals surface area contributed by atoms with Crippen molar-refractivity contribution in [3.8, 4) is 0 Å². The average molecular weight is 348 g/mol. The maximum atomic E-state index is 13.1. The first kappa shape index (κ1) is 19.4. The zero-order chi connectivity index (χ0) is 18.2. The second-order valence-electron chi connectivity index (χ2n) is 6.92. The lowest BCUT2D eigenvalue weighted by atomic mass is 9.95. The van der Waals surface area contributed by atoms with Gasteiger partial charge in [0, 0.05) is 19.0 Å². The third-order valence-corrected chi connectivity index (χ3v) is 4.85. The summed E-state index contributed by atoms with van der Waals surface area (Å²) in [7, 11) is 0. The number of benzene rings is 1. The SMILES string of the molecule is CCCC(=O)N(Cc1ccc(F)cc1)[C@@H](C)C(=O)NC1CCCCC1. The maximum Gasteiger partial charge on any atom is 0.242 e. The number of nitrogens with one attached hydrogen (secondary N) is 1. The molecule has 0 radical (unpaired) electrons. The van der Waals surface area contributed by atoms with Crippen LogP contribution in [-0.4, -0.2) is 28.8 Å².